The van der Waals surface area contributed by atoms with Gasteiger partial charge >= 0.3 is 0 Å². The lowest BCUT2D eigenvalue weighted by atomic mass is 9.95. The lowest BCUT2D eigenvalue weighted by molar-refractivity contribution is 0.335. The van der Waals surface area contributed by atoms with Crippen LogP contribution in [0.25, 0.3) is 0 Å². The first kappa shape index (κ1) is 12.6. The van der Waals surface area contributed by atoms with E-state index in [0.717, 1.165) is 12.2 Å². The van der Waals surface area contributed by atoms with Gasteiger partial charge in [-0.25, -0.2) is 0 Å². The Morgan fingerprint density at radius 1 is 1.35 bits per heavy atom. The second-order valence-electron chi connectivity index (χ2n) is 5.62. The summed E-state index contributed by atoms with van der Waals surface area (Å²) in [5.74, 6) is 1.58. The van der Waals surface area contributed by atoms with E-state index in [9.17, 15) is 0 Å². The van der Waals surface area contributed by atoms with Crippen molar-refractivity contribution in [2.75, 3.05) is 0 Å². The van der Waals surface area contributed by atoms with Crippen LogP contribution in [-0.2, 0) is 0 Å². The molecule has 2 N–H and O–H groups in total. The fourth-order valence-corrected chi connectivity index (χ4v) is 2.77. The first-order valence-electron chi connectivity index (χ1n) is 6.83. The summed E-state index contributed by atoms with van der Waals surface area (Å²) in [6.45, 7) is 4.39. The number of aromatic nitrogens is 3. The van der Waals surface area contributed by atoms with E-state index in [2.05, 4.69) is 28.6 Å². The van der Waals surface area contributed by atoms with Gasteiger partial charge in [-0.15, -0.1) is 10.2 Å². The predicted octanol–water partition coefficient (Wildman–Crippen LogP) is 2.83. The molecule has 0 radical (unpaired) electrons. The molecule has 1 aromatic heterocycles. The Bertz CT molecular complexity index is 339. The van der Waals surface area contributed by atoms with E-state index < -0.39 is 0 Å². The summed E-state index contributed by atoms with van der Waals surface area (Å²) >= 11 is 0. The molecule has 0 bridgehead atoms. The van der Waals surface area contributed by atoms with Gasteiger partial charge in [0.25, 0.3) is 0 Å². The number of nitrogens with two attached hydrogens (primary N) is 1. The predicted molar refractivity (Wildman–Crippen MR) is 68.5 cm³/mol. The molecular weight excluding hydrogens is 212 g/mol. The van der Waals surface area contributed by atoms with Gasteiger partial charge in [-0.05, 0) is 25.2 Å². The molecule has 1 heterocycles. The SMILES string of the molecule is CC(C)C[C@H](N)c1nncn1C1CCCCC1. The third-order valence-corrected chi connectivity index (χ3v) is 3.63. The zero-order chi connectivity index (χ0) is 12.3. The van der Waals surface area contributed by atoms with Gasteiger partial charge < -0.3 is 10.3 Å². The van der Waals surface area contributed by atoms with E-state index in [0.29, 0.717) is 12.0 Å². The second-order valence-corrected chi connectivity index (χ2v) is 5.62. The molecule has 0 aromatic carbocycles. The molecule has 0 amide bonds. The quantitative estimate of drug-likeness (QED) is 0.874. The van der Waals surface area contributed by atoms with Crippen molar-refractivity contribution in [3.8, 4) is 0 Å². The highest BCUT2D eigenvalue weighted by molar-refractivity contribution is 4.97. The first-order chi connectivity index (χ1) is 8.18. The van der Waals surface area contributed by atoms with Crippen LogP contribution in [0.1, 0.15) is 70.3 Å². The van der Waals surface area contributed by atoms with Crippen LogP contribution < -0.4 is 5.73 Å². The van der Waals surface area contributed by atoms with Crippen LogP contribution in [0.4, 0.5) is 0 Å². The van der Waals surface area contributed by atoms with Crippen LogP contribution in [0, 0.1) is 5.92 Å². The van der Waals surface area contributed by atoms with Crippen molar-refractivity contribution >= 4 is 0 Å². The fourth-order valence-electron chi connectivity index (χ4n) is 2.77. The van der Waals surface area contributed by atoms with Gasteiger partial charge in [-0.2, -0.15) is 0 Å². The minimum absolute atomic E-state index is 0.0272. The van der Waals surface area contributed by atoms with Gasteiger partial charge in [0.1, 0.15) is 12.2 Å². The van der Waals surface area contributed by atoms with E-state index >= 15 is 0 Å². The van der Waals surface area contributed by atoms with Crippen LogP contribution in [0.3, 0.4) is 0 Å². The zero-order valence-electron chi connectivity index (χ0n) is 11.0. The summed E-state index contributed by atoms with van der Waals surface area (Å²) in [6, 6.07) is 0.603. The van der Waals surface area contributed by atoms with E-state index in [1.54, 1.807) is 0 Å². The third kappa shape index (κ3) is 3.06. The van der Waals surface area contributed by atoms with Crippen molar-refractivity contribution in [1.82, 2.24) is 14.8 Å². The molecule has 4 heteroatoms. The average molecular weight is 236 g/mol. The van der Waals surface area contributed by atoms with E-state index in [-0.39, 0.29) is 6.04 Å². The maximum Gasteiger partial charge on any atom is 0.150 e. The summed E-state index contributed by atoms with van der Waals surface area (Å²) in [4.78, 5) is 0. The van der Waals surface area contributed by atoms with Crippen LogP contribution in [-0.4, -0.2) is 14.8 Å². The summed E-state index contributed by atoms with van der Waals surface area (Å²) in [6.07, 6.45) is 9.35. The van der Waals surface area contributed by atoms with Crippen molar-refractivity contribution in [2.24, 2.45) is 11.7 Å². The molecule has 0 spiro atoms. The monoisotopic (exact) mass is 236 g/mol. The molecule has 1 aliphatic carbocycles. The van der Waals surface area contributed by atoms with Gasteiger partial charge in [0.2, 0.25) is 0 Å². The highest BCUT2D eigenvalue weighted by atomic mass is 15.3. The summed E-state index contributed by atoms with van der Waals surface area (Å²) in [5.41, 5.74) is 6.22. The summed E-state index contributed by atoms with van der Waals surface area (Å²) < 4.78 is 2.23. The van der Waals surface area contributed by atoms with Gasteiger partial charge in [0, 0.05) is 6.04 Å². The first-order valence-corrected chi connectivity index (χ1v) is 6.83. The van der Waals surface area contributed by atoms with E-state index in [1.807, 2.05) is 6.33 Å². The molecule has 1 fully saturated rings. The van der Waals surface area contributed by atoms with E-state index in [4.69, 9.17) is 5.73 Å². The average Bonchev–Trinajstić information content (AvgIpc) is 2.78. The van der Waals surface area contributed by atoms with Crippen molar-refractivity contribution in [2.45, 2.75) is 64.5 Å². The molecule has 2 rings (SSSR count). The lowest BCUT2D eigenvalue weighted by Crippen LogP contribution is -2.22. The van der Waals surface area contributed by atoms with Crippen LogP contribution >= 0.6 is 0 Å². The Balaban J connectivity index is 2.09. The maximum absolute atomic E-state index is 6.22. The molecule has 0 unspecified atom stereocenters. The fraction of sp³-hybridized carbons (Fsp3) is 0.846. The van der Waals surface area contributed by atoms with Gasteiger partial charge in [-0.3, -0.25) is 0 Å². The molecule has 1 aromatic rings. The molecule has 1 saturated carbocycles. The molecule has 1 aliphatic rings. The Hall–Kier alpha value is -0.900. The molecule has 0 saturated heterocycles. The number of rotatable bonds is 4. The summed E-state index contributed by atoms with van der Waals surface area (Å²) in [7, 11) is 0. The molecular formula is C13H24N4. The summed E-state index contributed by atoms with van der Waals surface area (Å²) in [5, 5.41) is 8.29. The highest BCUT2D eigenvalue weighted by Gasteiger charge is 2.22. The van der Waals surface area contributed by atoms with Gasteiger partial charge in [0.15, 0.2) is 0 Å². The Morgan fingerprint density at radius 3 is 2.71 bits per heavy atom. The second kappa shape index (κ2) is 5.63. The van der Waals surface area contributed by atoms with Crippen molar-refractivity contribution in [1.29, 1.82) is 0 Å². The minimum Gasteiger partial charge on any atom is -0.321 e. The minimum atomic E-state index is 0.0272. The lowest BCUT2D eigenvalue weighted by Gasteiger charge is -2.25. The Labute approximate surface area is 104 Å². The van der Waals surface area contributed by atoms with Crippen LogP contribution in [0.15, 0.2) is 6.33 Å². The van der Waals surface area contributed by atoms with Crippen LogP contribution in [0.5, 0.6) is 0 Å². The van der Waals surface area contributed by atoms with Crippen molar-refractivity contribution < 1.29 is 0 Å². The number of hydrogen-bond acceptors (Lipinski definition) is 3. The van der Waals surface area contributed by atoms with Gasteiger partial charge in [0.05, 0.1) is 6.04 Å². The topological polar surface area (TPSA) is 56.7 Å². The number of nitrogens with zero attached hydrogens (tertiary/aromatic N) is 3. The molecule has 1 atom stereocenters. The van der Waals surface area contributed by atoms with Crippen LogP contribution in [0.2, 0.25) is 0 Å². The molecule has 0 aliphatic heterocycles. The highest BCUT2D eigenvalue weighted by Crippen LogP contribution is 2.30. The molecule has 17 heavy (non-hydrogen) atoms. The van der Waals surface area contributed by atoms with Crippen molar-refractivity contribution in [3.05, 3.63) is 12.2 Å². The standard InChI is InChI=1S/C13H24N4/c1-10(2)8-12(14)13-16-15-9-17(13)11-6-4-3-5-7-11/h9-12H,3-8,14H2,1-2H3/t12-/m0/s1. The normalized spacial score (nSPS) is 19.8. The Kier molecular flexibility index (Phi) is 4.15. The molecule has 96 valence electrons. The maximum atomic E-state index is 6.22. The van der Waals surface area contributed by atoms with Crippen molar-refractivity contribution in [3.63, 3.8) is 0 Å². The smallest absolute Gasteiger partial charge is 0.150 e. The largest absolute Gasteiger partial charge is 0.321 e. The van der Waals surface area contributed by atoms with E-state index in [1.165, 1.54) is 32.1 Å². The van der Waals surface area contributed by atoms with Gasteiger partial charge in [-0.1, -0.05) is 33.1 Å². The Morgan fingerprint density at radius 2 is 2.06 bits per heavy atom. The third-order valence-electron chi connectivity index (χ3n) is 3.63. The zero-order valence-corrected chi connectivity index (χ0v) is 11.0. The number of hydrogen-bond donors (Lipinski definition) is 1. The molecule has 4 nitrogen and oxygen atoms in total.